The number of hydrogen-bond acceptors (Lipinski definition) is 14. The molecule has 1 saturated carbocycles. The maximum Gasteiger partial charge on any atom is 1.00 e. The van der Waals surface area contributed by atoms with Crippen LogP contribution in [0.5, 0.6) is 0 Å². The van der Waals surface area contributed by atoms with Crippen LogP contribution in [0.4, 0.5) is 0 Å². The van der Waals surface area contributed by atoms with E-state index in [1.807, 2.05) is 0 Å². The first kappa shape index (κ1) is 43.4. The molecule has 0 heterocycles. The molecule has 0 radical (unpaired) electrons. The zero-order valence-corrected chi connectivity index (χ0v) is 28.4. The summed E-state index contributed by atoms with van der Waals surface area (Å²) in [4.78, 5) is 78.5. The van der Waals surface area contributed by atoms with Crippen molar-refractivity contribution in [1.29, 1.82) is 0 Å². The van der Waals surface area contributed by atoms with E-state index < -0.39 is 67.9 Å². The zero-order chi connectivity index (χ0) is 22.3. The summed E-state index contributed by atoms with van der Waals surface area (Å²) in [7, 11) is -23.6. The first-order chi connectivity index (χ1) is 12.2. The summed E-state index contributed by atoms with van der Waals surface area (Å²) in [6, 6.07) is 0. The van der Waals surface area contributed by atoms with Crippen molar-refractivity contribution in [3.05, 3.63) is 0 Å². The number of phosphoric acid groups is 4. The molecule has 6 atom stereocenters. The van der Waals surface area contributed by atoms with Crippen molar-refractivity contribution < 1.29 is 204 Å². The number of phosphoric ester groups is 4. The van der Waals surface area contributed by atoms with Crippen molar-refractivity contribution in [2.24, 2.45) is 0 Å². The van der Waals surface area contributed by atoms with Gasteiger partial charge in [-0.15, -0.1) is 0 Å². The van der Waals surface area contributed by atoms with E-state index in [0.29, 0.717) is 0 Å². The molecule has 1 rings (SSSR count). The SMILES string of the molecule is O=P([O-])([O-])O[C@@H]1[C@@H](O)[C@H](OP(=O)(O)O)[C@H](OP(=O)(O)O)[C@H](OP(=O)([O-])[O-])[C@H]1O.[Na+].[Na+].[Na+].[Na+]. The van der Waals surface area contributed by atoms with E-state index in [2.05, 4.69) is 18.1 Å². The molecule has 168 valence electrons. The van der Waals surface area contributed by atoms with E-state index in [0.717, 1.165) is 0 Å². The molecule has 1 aliphatic carbocycles. The van der Waals surface area contributed by atoms with Crippen LogP contribution in [-0.2, 0) is 36.4 Å². The van der Waals surface area contributed by atoms with Crippen molar-refractivity contribution in [1.82, 2.24) is 0 Å². The number of aliphatic hydroxyl groups is 2. The summed E-state index contributed by atoms with van der Waals surface area (Å²) in [6.45, 7) is 0. The fourth-order valence-electron chi connectivity index (χ4n) is 2.26. The molecule has 0 aromatic carbocycles. The minimum absolute atomic E-state index is 0. The standard InChI is InChI=1S/C6H16O18P4.4Na/c7-1-3(21-25(9,10)11)2(8)5(23-27(15,16)17)6(24-28(18,19)20)4(1)22-26(12,13)14;;;;/h1-8H,(H2,9,10,11)(H2,12,13,14)(H2,15,16,17)(H2,18,19,20);;;;/q;4*+1/p-4/t1-,2+,3-,4+,5-,6+;;;;. The maximum atomic E-state index is 11.0. The van der Waals surface area contributed by atoms with Crippen LogP contribution < -0.4 is 138 Å². The van der Waals surface area contributed by atoms with Gasteiger partial charge in [0.25, 0.3) is 0 Å². The van der Waals surface area contributed by atoms with Gasteiger partial charge in [0.15, 0.2) is 0 Å². The fourth-order valence-corrected chi connectivity index (χ4v) is 4.47. The van der Waals surface area contributed by atoms with Crippen LogP contribution in [0.1, 0.15) is 0 Å². The first-order valence-electron chi connectivity index (χ1n) is 6.45. The molecule has 32 heavy (non-hydrogen) atoms. The van der Waals surface area contributed by atoms with Gasteiger partial charge in [-0.2, -0.15) is 0 Å². The molecule has 0 amide bonds. The molecule has 6 N–H and O–H groups in total. The molecule has 0 aromatic heterocycles. The van der Waals surface area contributed by atoms with E-state index in [-0.39, 0.29) is 118 Å². The molecule has 0 spiro atoms. The third-order valence-corrected chi connectivity index (χ3v) is 5.05. The number of hydrogen-bond donors (Lipinski definition) is 6. The molecule has 1 fully saturated rings. The summed E-state index contributed by atoms with van der Waals surface area (Å²) in [5.41, 5.74) is 0. The molecule has 18 nitrogen and oxygen atoms in total. The second-order valence-corrected chi connectivity index (χ2v) is 9.73. The van der Waals surface area contributed by atoms with Gasteiger partial charge in [0.05, 0.1) is 15.6 Å². The summed E-state index contributed by atoms with van der Waals surface area (Å²) in [5, 5.41) is 19.9. The smallest absolute Gasteiger partial charge is 0.790 e. The molecular weight excluding hydrogens is 576 g/mol. The fraction of sp³-hybridized carbons (Fsp3) is 1.00. The van der Waals surface area contributed by atoms with Gasteiger partial charge in [-0.1, -0.05) is 0 Å². The Bertz CT molecular complexity index is 706. The molecule has 0 aliphatic heterocycles. The average molecular weight is 588 g/mol. The van der Waals surface area contributed by atoms with Gasteiger partial charge < -0.3 is 67.5 Å². The summed E-state index contributed by atoms with van der Waals surface area (Å²) < 4.78 is 59.2. The molecule has 0 unspecified atom stereocenters. The van der Waals surface area contributed by atoms with Crippen LogP contribution in [0.3, 0.4) is 0 Å². The Hall–Kier alpha value is 4.36. The molecule has 26 heteroatoms. The minimum atomic E-state index is -6.15. The largest absolute Gasteiger partial charge is 1.00 e. The van der Waals surface area contributed by atoms with Crippen molar-refractivity contribution in [3.63, 3.8) is 0 Å². The first-order valence-corrected chi connectivity index (χ1v) is 12.4. The monoisotopic (exact) mass is 588 g/mol. The van der Waals surface area contributed by atoms with E-state index in [4.69, 9.17) is 19.6 Å². The van der Waals surface area contributed by atoms with Gasteiger partial charge in [0.2, 0.25) is 0 Å². The van der Waals surface area contributed by atoms with Crippen molar-refractivity contribution in [3.8, 4) is 0 Å². The molecule has 0 bridgehead atoms. The third kappa shape index (κ3) is 16.4. The topological polar surface area (TPSA) is 319 Å². The van der Waals surface area contributed by atoms with Crippen LogP contribution in [0.15, 0.2) is 0 Å². The van der Waals surface area contributed by atoms with Crippen molar-refractivity contribution in [2.75, 3.05) is 0 Å². The number of aliphatic hydroxyl groups excluding tert-OH is 2. The Labute approximate surface area is 268 Å². The van der Waals surface area contributed by atoms with Gasteiger partial charge in [0.1, 0.15) is 36.6 Å². The Balaban J connectivity index is -0.000000980. The van der Waals surface area contributed by atoms with Gasteiger partial charge >= 0.3 is 134 Å². The molecule has 1 aliphatic rings. The summed E-state index contributed by atoms with van der Waals surface area (Å²) in [5.74, 6) is 0. The number of rotatable bonds is 8. The summed E-state index contributed by atoms with van der Waals surface area (Å²) >= 11 is 0. The van der Waals surface area contributed by atoms with Gasteiger partial charge in [-0.3, -0.25) is 9.05 Å². The zero-order valence-electron chi connectivity index (χ0n) is 16.8. The van der Waals surface area contributed by atoms with Gasteiger partial charge in [0, 0.05) is 0 Å². The van der Waals surface area contributed by atoms with Gasteiger partial charge in [-0.25, -0.2) is 9.13 Å². The van der Waals surface area contributed by atoms with Crippen LogP contribution in [0.25, 0.3) is 0 Å². The Kier molecular flexibility index (Phi) is 22.3. The average Bonchev–Trinajstić information content (AvgIpc) is 2.39. The van der Waals surface area contributed by atoms with Crippen LogP contribution in [-0.4, -0.2) is 66.4 Å². The van der Waals surface area contributed by atoms with E-state index in [1.54, 1.807) is 0 Å². The van der Waals surface area contributed by atoms with Crippen LogP contribution >= 0.6 is 31.3 Å². The van der Waals surface area contributed by atoms with Crippen molar-refractivity contribution >= 4 is 31.3 Å². The van der Waals surface area contributed by atoms with E-state index in [9.17, 15) is 48.0 Å². The van der Waals surface area contributed by atoms with Crippen LogP contribution in [0, 0.1) is 0 Å². The Morgan fingerprint density at radius 3 is 1.03 bits per heavy atom. The van der Waals surface area contributed by atoms with Gasteiger partial charge in [-0.05, 0) is 0 Å². The predicted octanol–water partition coefficient (Wildman–Crippen LogP) is -17.9. The second-order valence-electron chi connectivity index (χ2n) is 5.14. The molecule has 0 saturated heterocycles. The molecular formula is C6H12Na4O18P4. The normalized spacial score (nSPS) is 28.9. The second kappa shape index (κ2) is 16.5. The summed E-state index contributed by atoms with van der Waals surface area (Å²) in [6.07, 6.45) is -16.7. The Morgan fingerprint density at radius 2 is 0.750 bits per heavy atom. The van der Waals surface area contributed by atoms with Crippen molar-refractivity contribution in [2.45, 2.75) is 36.6 Å². The predicted molar refractivity (Wildman–Crippen MR) is 70.8 cm³/mol. The Morgan fingerprint density at radius 1 is 0.500 bits per heavy atom. The quantitative estimate of drug-likeness (QED) is 0.113. The van der Waals surface area contributed by atoms with Crippen LogP contribution in [0.2, 0.25) is 0 Å². The molecule has 0 aromatic rings. The van der Waals surface area contributed by atoms with E-state index >= 15 is 0 Å². The maximum absolute atomic E-state index is 11.0. The third-order valence-electron chi connectivity index (χ3n) is 3.01. The minimum Gasteiger partial charge on any atom is -0.790 e. The van der Waals surface area contributed by atoms with E-state index in [1.165, 1.54) is 0 Å².